The molecule has 0 saturated heterocycles. The van der Waals surface area contributed by atoms with Crippen LogP contribution in [0.3, 0.4) is 0 Å². The first-order valence-corrected chi connectivity index (χ1v) is 23.1. The molecule has 0 aromatic heterocycles. The first-order chi connectivity index (χ1) is 19.5. The van der Waals surface area contributed by atoms with Gasteiger partial charge in [0.15, 0.2) is 0 Å². The van der Waals surface area contributed by atoms with Gasteiger partial charge in [-0.25, -0.2) is 0 Å². The van der Waals surface area contributed by atoms with Gasteiger partial charge in [0.2, 0.25) is 0 Å². The van der Waals surface area contributed by atoms with Crippen LogP contribution >= 0.6 is 17.2 Å². The topological polar surface area (TPSA) is 0 Å². The van der Waals surface area contributed by atoms with E-state index < -0.39 is 5.96 Å². The van der Waals surface area contributed by atoms with Crippen LogP contribution in [0.25, 0.3) is 0 Å². The van der Waals surface area contributed by atoms with Crippen molar-refractivity contribution < 1.29 is 0 Å². The fourth-order valence-electron chi connectivity index (χ4n) is 6.88. The van der Waals surface area contributed by atoms with E-state index in [1.54, 1.807) is 0 Å². The molecular weight excluding hydrogens is 523 g/mol. The van der Waals surface area contributed by atoms with Gasteiger partial charge in [-0.3, -0.25) is 0 Å². The van der Waals surface area contributed by atoms with Crippen LogP contribution in [0.15, 0.2) is 0 Å². The Morgan fingerprint density at radius 1 is 0.250 bits per heavy atom. The molecule has 0 aliphatic heterocycles. The SMILES string of the molecule is CCCCCCCCCCCCCCP(Cl)(CCCCC)(CCCCC)CCCCCCCCCCCCCC. The Morgan fingerprint density at radius 2 is 0.400 bits per heavy atom. The molecule has 0 aliphatic carbocycles. The molecule has 244 valence electrons. The standard InChI is InChI=1S/C38H80ClP/c1-5-9-13-15-17-19-21-23-25-27-29-33-37-40(39,35-31-11-7-3,36-32-12-8-4)38-34-30-28-26-24-22-20-18-16-14-10-6-2/h5-38H2,1-4H3. The monoisotopic (exact) mass is 603 g/mol. The van der Waals surface area contributed by atoms with Crippen molar-refractivity contribution in [2.45, 2.75) is 220 Å². The van der Waals surface area contributed by atoms with Crippen molar-refractivity contribution in [2.24, 2.45) is 0 Å². The second kappa shape index (κ2) is 29.8. The maximum atomic E-state index is 8.07. The third-order valence-electron chi connectivity index (χ3n) is 9.78. The summed E-state index contributed by atoms with van der Waals surface area (Å²) in [6, 6.07) is 0. The Morgan fingerprint density at radius 3 is 0.625 bits per heavy atom. The molecule has 0 rings (SSSR count). The Hall–Kier alpha value is 0.720. The minimum absolute atomic E-state index is 1.33. The zero-order valence-corrected chi connectivity index (χ0v) is 30.5. The second-order valence-corrected chi connectivity index (χ2v) is 22.2. The fourth-order valence-corrected chi connectivity index (χ4v) is 13.7. The summed E-state index contributed by atoms with van der Waals surface area (Å²) in [5.41, 5.74) is 0. The van der Waals surface area contributed by atoms with Crippen LogP contribution in [0, 0.1) is 0 Å². The molecule has 0 heterocycles. The molecular formula is C38H80ClP. The average Bonchev–Trinajstić information content (AvgIpc) is 2.95. The zero-order valence-electron chi connectivity index (χ0n) is 28.9. The van der Waals surface area contributed by atoms with E-state index >= 15 is 0 Å². The van der Waals surface area contributed by atoms with E-state index in [1.165, 1.54) is 217 Å². The molecule has 0 aliphatic rings. The van der Waals surface area contributed by atoms with Crippen LogP contribution in [-0.4, -0.2) is 24.6 Å². The molecule has 0 bridgehead atoms. The van der Waals surface area contributed by atoms with Gasteiger partial charge in [-0.1, -0.05) is 26.7 Å². The summed E-state index contributed by atoms with van der Waals surface area (Å²) in [7, 11) is 0. The van der Waals surface area contributed by atoms with Crippen LogP contribution in [0.5, 0.6) is 0 Å². The quantitative estimate of drug-likeness (QED) is 0.0507. The van der Waals surface area contributed by atoms with Crippen molar-refractivity contribution >= 4 is 17.2 Å². The van der Waals surface area contributed by atoms with Crippen molar-refractivity contribution in [1.82, 2.24) is 0 Å². The van der Waals surface area contributed by atoms with E-state index in [0.29, 0.717) is 0 Å². The maximum absolute atomic E-state index is 8.07. The van der Waals surface area contributed by atoms with Crippen molar-refractivity contribution in [3.63, 3.8) is 0 Å². The van der Waals surface area contributed by atoms with Gasteiger partial charge in [0.1, 0.15) is 0 Å². The number of hydrogen-bond acceptors (Lipinski definition) is 0. The molecule has 0 amide bonds. The predicted octanol–water partition coefficient (Wildman–Crippen LogP) is 15.5. The van der Waals surface area contributed by atoms with Crippen LogP contribution in [0.4, 0.5) is 0 Å². The van der Waals surface area contributed by atoms with Gasteiger partial charge in [0, 0.05) is 0 Å². The molecule has 0 aromatic carbocycles. The summed E-state index contributed by atoms with van der Waals surface area (Å²) in [5, 5.41) is 0. The summed E-state index contributed by atoms with van der Waals surface area (Å²) >= 11 is 8.07. The van der Waals surface area contributed by atoms with Crippen LogP contribution in [0.2, 0.25) is 0 Å². The number of halogens is 1. The molecule has 2 heteroatoms. The Kier molecular flexibility index (Phi) is 30.3. The molecule has 0 aromatic rings. The third kappa shape index (κ3) is 25.2. The smallest absolute Gasteiger partial charge is 0.0654 e. The van der Waals surface area contributed by atoms with E-state index in [2.05, 4.69) is 27.7 Å². The molecule has 0 unspecified atom stereocenters. The van der Waals surface area contributed by atoms with Crippen LogP contribution in [-0.2, 0) is 0 Å². The number of unbranched alkanes of at least 4 members (excludes halogenated alkanes) is 26. The van der Waals surface area contributed by atoms with Gasteiger partial charge in [0.25, 0.3) is 0 Å². The van der Waals surface area contributed by atoms with E-state index in [4.69, 9.17) is 11.2 Å². The minimum Gasteiger partial charge on any atom is -0.0654 e. The number of rotatable bonds is 34. The average molecular weight is 603 g/mol. The predicted molar refractivity (Wildman–Crippen MR) is 193 cm³/mol. The van der Waals surface area contributed by atoms with E-state index in [9.17, 15) is 0 Å². The third-order valence-corrected chi connectivity index (χ3v) is 17.5. The molecule has 0 fully saturated rings. The Balaban J connectivity index is 4.45. The zero-order chi connectivity index (χ0) is 29.5. The van der Waals surface area contributed by atoms with E-state index in [0.717, 1.165) is 0 Å². The van der Waals surface area contributed by atoms with Gasteiger partial charge in [0.05, 0.1) is 0 Å². The van der Waals surface area contributed by atoms with Crippen LogP contribution in [0.1, 0.15) is 220 Å². The molecule has 0 saturated carbocycles. The van der Waals surface area contributed by atoms with Gasteiger partial charge in [-0.05, 0) is 0 Å². The summed E-state index contributed by atoms with van der Waals surface area (Å²) in [4.78, 5) is 0. The summed E-state index contributed by atoms with van der Waals surface area (Å²) in [5.74, 6) is -2.09. The van der Waals surface area contributed by atoms with E-state index in [1.807, 2.05) is 0 Å². The minimum atomic E-state index is -2.09. The van der Waals surface area contributed by atoms with Crippen LogP contribution < -0.4 is 0 Å². The first-order valence-electron chi connectivity index (χ1n) is 19.3. The molecule has 0 N–H and O–H groups in total. The summed E-state index contributed by atoms with van der Waals surface area (Å²) in [6.45, 7) is 9.34. The molecule has 0 atom stereocenters. The Labute approximate surface area is 261 Å². The number of hydrogen-bond donors (Lipinski definition) is 0. The van der Waals surface area contributed by atoms with Crippen molar-refractivity contribution in [1.29, 1.82) is 0 Å². The Bertz CT molecular complexity index is 448. The molecule has 40 heavy (non-hydrogen) atoms. The van der Waals surface area contributed by atoms with Gasteiger partial charge >= 0.3 is 235 Å². The molecule has 0 spiro atoms. The van der Waals surface area contributed by atoms with Crippen molar-refractivity contribution in [3.8, 4) is 0 Å². The molecule has 0 nitrogen and oxygen atoms in total. The first kappa shape index (κ1) is 40.7. The summed E-state index contributed by atoms with van der Waals surface area (Å²) in [6.07, 6.45) is 48.4. The van der Waals surface area contributed by atoms with Crippen molar-refractivity contribution in [2.75, 3.05) is 24.6 Å². The van der Waals surface area contributed by atoms with Gasteiger partial charge < -0.3 is 0 Å². The second-order valence-electron chi connectivity index (χ2n) is 13.9. The van der Waals surface area contributed by atoms with Gasteiger partial charge in [-0.15, -0.1) is 0 Å². The summed E-state index contributed by atoms with van der Waals surface area (Å²) < 4.78 is 0. The molecule has 0 radical (unpaired) electrons. The normalized spacial score (nSPS) is 13.1. The van der Waals surface area contributed by atoms with Gasteiger partial charge in [-0.2, -0.15) is 0 Å². The van der Waals surface area contributed by atoms with E-state index in [-0.39, 0.29) is 0 Å². The fraction of sp³-hybridized carbons (Fsp3) is 1.00. The van der Waals surface area contributed by atoms with Crippen molar-refractivity contribution in [3.05, 3.63) is 0 Å².